The van der Waals surface area contributed by atoms with Gasteiger partial charge in [0.05, 0.1) is 18.2 Å². The Labute approximate surface area is 244 Å². The normalized spacial score (nSPS) is 10.5. The van der Waals surface area contributed by atoms with E-state index >= 15 is 0 Å². The van der Waals surface area contributed by atoms with Gasteiger partial charge >= 0.3 is 23.9 Å². The lowest BCUT2D eigenvalue weighted by Gasteiger charge is -2.12. The highest BCUT2D eigenvalue weighted by molar-refractivity contribution is 6.00. The van der Waals surface area contributed by atoms with Gasteiger partial charge in [-0.05, 0) is 88.3 Å². The molecule has 10 nitrogen and oxygen atoms in total. The number of methoxy groups -OCH3 is 1. The van der Waals surface area contributed by atoms with E-state index < -0.39 is 23.9 Å². The molecule has 5 aromatic carbocycles. The Bertz CT molecular complexity index is 1920. The van der Waals surface area contributed by atoms with Gasteiger partial charge < -0.3 is 19.3 Å². The highest BCUT2D eigenvalue weighted by Crippen LogP contribution is 2.29. The van der Waals surface area contributed by atoms with Crippen LogP contribution in [0.3, 0.4) is 0 Å². The van der Waals surface area contributed by atoms with Crippen molar-refractivity contribution in [1.82, 2.24) is 0 Å². The van der Waals surface area contributed by atoms with Crippen LogP contribution in [0.15, 0.2) is 104 Å². The van der Waals surface area contributed by atoms with E-state index in [-0.39, 0.29) is 39.7 Å². The van der Waals surface area contributed by atoms with Crippen molar-refractivity contribution in [2.75, 3.05) is 7.11 Å². The predicted octanol–water partition coefficient (Wildman–Crippen LogP) is 5.95. The van der Waals surface area contributed by atoms with Gasteiger partial charge in [-0.25, -0.2) is 24.1 Å². The van der Waals surface area contributed by atoms with E-state index in [0.29, 0.717) is 16.2 Å². The standard InChI is InChI=1S/C33H22O10/c1-3-30(35)43-42-27-11-9-20-15-23(7-5-22(20)17-27)31(36)40-26-12-13-29(28(18-26)33(38)39-2)41-32(37)24-6-4-21-16-25(34)10-8-19(21)14-24/h3-18,34H,1H2,2H3. The van der Waals surface area contributed by atoms with Gasteiger partial charge in [0.25, 0.3) is 0 Å². The third kappa shape index (κ3) is 6.44. The highest BCUT2D eigenvalue weighted by Gasteiger charge is 2.20. The van der Waals surface area contributed by atoms with Crippen LogP contribution >= 0.6 is 0 Å². The summed E-state index contributed by atoms with van der Waals surface area (Å²) in [6.07, 6.45) is 0.966. The van der Waals surface area contributed by atoms with Crippen molar-refractivity contribution in [3.8, 4) is 23.0 Å². The number of ether oxygens (including phenoxy) is 3. The third-order valence-corrected chi connectivity index (χ3v) is 6.26. The van der Waals surface area contributed by atoms with Crippen LogP contribution in [0.4, 0.5) is 0 Å². The summed E-state index contributed by atoms with van der Waals surface area (Å²) in [6, 6.07) is 23.1. The van der Waals surface area contributed by atoms with Crippen molar-refractivity contribution in [3.05, 3.63) is 120 Å². The summed E-state index contributed by atoms with van der Waals surface area (Å²) < 4.78 is 15.8. The van der Waals surface area contributed by atoms with E-state index in [1.165, 1.54) is 43.5 Å². The quantitative estimate of drug-likeness (QED) is 0.0774. The Kier molecular flexibility index (Phi) is 8.02. The largest absolute Gasteiger partial charge is 0.508 e. The molecule has 0 aliphatic heterocycles. The summed E-state index contributed by atoms with van der Waals surface area (Å²) in [4.78, 5) is 59.1. The zero-order valence-electron chi connectivity index (χ0n) is 22.6. The molecular weight excluding hydrogens is 556 g/mol. The minimum absolute atomic E-state index is 0.0172. The molecule has 0 spiro atoms. The second-order valence-electron chi connectivity index (χ2n) is 9.09. The maximum absolute atomic E-state index is 12.9. The molecule has 0 unspecified atom stereocenters. The van der Waals surface area contributed by atoms with Gasteiger partial charge in [0.2, 0.25) is 0 Å². The average molecular weight is 579 g/mol. The summed E-state index contributed by atoms with van der Waals surface area (Å²) in [5.74, 6) is -2.69. The number of rotatable bonds is 8. The first-order valence-corrected chi connectivity index (χ1v) is 12.7. The van der Waals surface area contributed by atoms with Crippen molar-refractivity contribution in [2.24, 2.45) is 0 Å². The molecule has 0 atom stereocenters. The molecule has 10 heteroatoms. The van der Waals surface area contributed by atoms with Crippen molar-refractivity contribution >= 4 is 45.4 Å². The Morgan fingerprint density at radius 3 is 1.91 bits per heavy atom. The van der Waals surface area contributed by atoms with Crippen molar-refractivity contribution in [2.45, 2.75) is 0 Å². The summed E-state index contributed by atoms with van der Waals surface area (Å²) in [5, 5.41) is 12.5. The van der Waals surface area contributed by atoms with Crippen LogP contribution in [0.1, 0.15) is 31.1 Å². The first-order chi connectivity index (χ1) is 20.7. The Hall–Kier alpha value is -6.16. The number of phenols is 1. The monoisotopic (exact) mass is 578 g/mol. The van der Waals surface area contributed by atoms with E-state index in [2.05, 4.69) is 11.5 Å². The molecule has 0 saturated heterocycles. The van der Waals surface area contributed by atoms with Gasteiger partial charge in [0.1, 0.15) is 22.8 Å². The predicted molar refractivity (Wildman–Crippen MR) is 154 cm³/mol. The number of fused-ring (bicyclic) bond motifs is 2. The summed E-state index contributed by atoms with van der Waals surface area (Å²) in [5.41, 5.74) is 0.311. The molecule has 43 heavy (non-hydrogen) atoms. The average Bonchev–Trinajstić information content (AvgIpc) is 3.03. The molecule has 1 N–H and O–H groups in total. The van der Waals surface area contributed by atoms with Crippen LogP contribution in [0.25, 0.3) is 21.5 Å². The smallest absolute Gasteiger partial charge is 0.378 e. The molecule has 0 aromatic heterocycles. The van der Waals surface area contributed by atoms with Gasteiger partial charge in [-0.15, -0.1) is 0 Å². The molecule has 0 fully saturated rings. The molecule has 0 radical (unpaired) electrons. The molecular formula is C33H22O10. The molecule has 214 valence electrons. The third-order valence-electron chi connectivity index (χ3n) is 6.26. The summed E-state index contributed by atoms with van der Waals surface area (Å²) in [6.45, 7) is 3.29. The molecule has 0 aliphatic carbocycles. The number of esters is 3. The fourth-order valence-corrected chi connectivity index (χ4v) is 4.14. The Balaban J connectivity index is 1.33. The molecule has 5 aromatic rings. The zero-order valence-corrected chi connectivity index (χ0v) is 22.6. The van der Waals surface area contributed by atoms with Crippen molar-refractivity contribution in [1.29, 1.82) is 0 Å². The van der Waals surface area contributed by atoms with Gasteiger partial charge in [-0.1, -0.05) is 30.8 Å². The van der Waals surface area contributed by atoms with Crippen molar-refractivity contribution in [3.63, 3.8) is 0 Å². The first kappa shape index (κ1) is 28.4. The molecule has 5 rings (SSSR count). The van der Waals surface area contributed by atoms with E-state index in [4.69, 9.17) is 19.1 Å². The first-order valence-electron chi connectivity index (χ1n) is 12.7. The second kappa shape index (κ2) is 12.1. The molecule has 0 bridgehead atoms. The lowest BCUT2D eigenvalue weighted by Crippen LogP contribution is -2.13. The van der Waals surface area contributed by atoms with E-state index in [1.807, 2.05) is 0 Å². The molecule has 0 heterocycles. The van der Waals surface area contributed by atoms with Crippen molar-refractivity contribution < 1.29 is 48.3 Å². The lowest BCUT2D eigenvalue weighted by atomic mass is 10.1. The number of aromatic hydroxyl groups is 1. The van der Waals surface area contributed by atoms with Crippen LogP contribution < -0.4 is 14.4 Å². The number of benzene rings is 5. The highest BCUT2D eigenvalue weighted by atomic mass is 17.2. The lowest BCUT2D eigenvalue weighted by molar-refractivity contribution is -0.207. The van der Waals surface area contributed by atoms with Crippen LogP contribution in [0.2, 0.25) is 0 Å². The number of carbonyl (C=O) groups excluding carboxylic acids is 4. The minimum Gasteiger partial charge on any atom is -0.508 e. The van der Waals surface area contributed by atoms with Gasteiger partial charge in [-0.3, -0.25) is 4.89 Å². The summed E-state index contributed by atoms with van der Waals surface area (Å²) >= 11 is 0. The van der Waals surface area contributed by atoms with E-state index in [1.54, 1.807) is 54.6 Å². The van der Waals surface area contributed by atoms with Gasteiger partial charge in [0, 0.05) is 6.08 Å². The van der Waals surface area contributed by atoms with Crippen LogP contribution in [-0.2, 0) is 14.4 Å². The fourth-order valence-electron chi connectivity index (χ4n) is 4.14. The maximum atomic E-state index is 12.9. The fraction of sp³-hybridized carbons (Fsp3) is 0.0303. The number of hydrogen-bond acceptors (Lipinski definition) is 10. The van der Waals surface area contributed by atoms with E-state index in [9.17, 15) is 24.3 Å². The SMILES string of the molecule is C=CC(=O)OOc1ccc2cc(C(=O)Oc3ccc(OC(=O)c4ccc5cc(O)ccc5c4)c(C(=O)OC)c3)ccc2c1. The van der Waals surface area contributed by atoms with Crippen LogP contribution in [0.5, 0.6) is 23.0 Å². The second-order valence-corrected chi connectivity index (χ2v) is 9.09. The number of hydrogen-bond donors (Lipinski definition) is 1. The molecule has 0 saturated carbocycles. The number of carbonyl (C=O) groups is 4. The van der Waals surface area contributed by atoms with Crippen LogP contribution in [0, 0.1) is 0 Å². The van der Waals surface area contributed by atoms with Gasteiger partial charge in [0.15, 0.2) is 5.75 Å². The van der Waals surface area contributed by atoms with Gasteiger partial charge in [-0.2, -0.15) is 0 Å². The minimum atomic E-state index is -0.808. The Morgan fingerprint density at radius 1 is 0.651 bits per heavy atom. The zero-order chi connectivity index (χ0) is 30.5. The van der Waals surface area contributed by atoms with Crippen LogP contribution in [-0.4, -0.2) is 36.1 Å². The van der Waals surface area contributed by atoms with E-state index in [0.717, 1.165) is 11.5 Å². The molecule has 0 aliphatic rings. The summed E-state index contributed by atoms with van der Waals surface area (Å²) in [7, 11) is 1.17. The maximum Gasteiger partial charge on any atom is 0.378 e. The Morgan fingerprint density at radius 2 is 1.23 bits per heavy atom. The topological polar surface area (TPSA) is 135 Å². The number of phenolic OH excluding ortho intramolecular Hbond substituents is 1. The molecule has 0 amide bonds.